The summed E-state index contributed by atoms with van der Waals surface area (Å²) in [7, 11) is -3.85. The minimum absolute atomic E-state index is 0.134. The molecule has 1 aromatic heterocycles. The Morgan fingerprint density at radius 2 is 2.10 bits per heavy atom. The fourth-order valence-electron chi connectivity index (χ4n) is 2.51. The molecular formula is C13H20N2O5S. The number of nitrogens with two attached hydrogens (primary N) is 1. The normalized spacial score (nSPS) is 17.8. The van der Waals surface area contributed by atoms with E-state index in [1.54, 1.807) is 6.92 Å². The fourth-order valence-corrected chi connectivity index (χ4v) is 3.92. The lowest BCUT2D eigenvalue weighted by atomic mass is 10.0. The molecule has 0 spiro atoms. The number of rotatable bonds is 6. The molecule has 21 heavy (non-hydrogen) atoms. The maximum absolute atomic E-state index is 12.3. The lowest BCUT2D eigenvalue weighted by molar-refractivity contribution is 0.0484. The van der Waals surface area contributed by atoms with E-state index in [1.807, 2.05) is 0 Å². The van der Waals surface area contributed by atoms with Crippen LogP contribution in [0, 0.1) is 0 Å². The number of esters is 1. The zero-order valence-electron chi connectivity index (χ0n) is 11.9. The summed E-state index contributed by atoms with van der Waals surface area (Å²) in [4.78, 5) is 11.5. The zero-order valence-corrected chi connectivity index (χ0v) is 12.7. The van der Waals surface area contributed by atoms with Crippen LogP contribution >= 0.6 is 0 Å². The summed E-state index contributed by atoms with van der Waals surface area (Å²) in [6.07, 6.45) is 3.28. The molecule has 0 unspecified atom stereocenters. The average molecular weight is 316 g/mol. The van der Waals surface area contributed by atoms with Crippen molar-refractivity contribution in [1.82, 2.24) is 4.72 Å². The molecule has 1 heterocycles. The van der Waals surface area contributed by atoms with Crippen LogP contribution < -0.4 is 10.5 Å². The van der Waals surface area contributed by atoms with E-state index in [2.05, 4.69) is 4.72 Å². The third-order valence-electron chi connectivity index (χ3n) is 3.63. The largest absolute Gasteiger partial charge is 0.460 e. The van der Waals surface area contributed by atoms with Crippen LogP contribution in [0.3, 0.4) is 0 Å². The highest BCUT2D eigenvalue weighted by Crippen LogP contribution is 2.30. The zero-order chi connectivity index (χ0) is 15.5. The molecule has 3 N–H and O–H groups in total. The van der Waals surface area contributed by atoms with Crippen LogP contribution in [-0.4, -0.2) is 33.1 Å². The number of furan rings is 1. The maximum atomic E-state index is 12.3. The van der Waals surface area contributed by atoms with Crippen molar-refractivity contribution >= 4 is 16.0 Å². The molecule has 1 fully saturated rings. The lowest BCUT2D eigenvalue weighted by Gasteiger charge is -2.27. The van der Waals surface area contributed by atoms with Crippen molar-refractivity contribution in [3.63, 3.8) is 0 Å². The minimum atomic E-state index is -3.85. The van der Waals surface area contributed by atoms with Crippen LogP contribution in [0.1, 0.15) is 43.2 Å². The topological polar surface area (TPSA) is 112 Å². The highest BCUT2D eigenvalue weighted by Gasteiger charge is 2.38. The smallest absolute Gasteiger partial charge is 0.374 e. The predicted molar refractivity (Wildman–Crippen MR) is 75.2 cm³/mol. The van der Waals surface area contributed by atoms with E-state index in [1.165, 1.54) is 12.1 Å². The molecule has 1 aliphatic carbocycles. The highest BCUT2D eigenvalue weighted by atomic mass is 32.2. The van der Waals surface area contributed by atoms with E-state index in [4.69, 9.17) is 14.9 Å². The van der Waals surface area contributed by atoms with E-state index in [0.717, 1.165) is 12.8 Å². The summed E-state index contributed by atoms with van der Waals surface area (Å²) in [5.74, 6) is -0.821. The van der Waals surface area contributed by atoms with E-state index in [-0.39, 0.29) is 24.0 Å². The Kier molecular flexibility index (Phi) is 4.70. The van der Waals surface area contributed by atoms with Crippen LogP contribution in [0.2, 0.25) is 0 Å². The molecule has 7 nitrogen and oxygen atoms in total. The van der Waals surface area contributed by atoms with Crippen LogP contribution in [-0.2, 0) is 14.8 Å². The number of nitrogens with one attached hydrogen (secondary N) is 1. The maximum Gasteiger partial charge on any atom is 0.374 e. The van der Waals surface area contributed by atoms with Crippen LogP contribution in [0.5, 0.6) is 0 Å². The predicted octanol–water partition coefficient (Wildman–Crippen LogP) is 1.01. The van der Waals surface area contributed by atoms with Gasteiger partial charge in [-0.2, -0.15) is 0 Å². The molecule has 0 amide bonds. The third kappa shape index (κ3) is 3.45. The van der Waals surface area contributed by atoms with Gasteiger partial charge in [0.05, 0.1) is 6.61 Å². The van der Waals surface area contributed by atoms with E-state index >= 15 is 0 Å². The summed E-state index contributed by atoms with van der Waals surface area (Å²) in [6, 6.07) is 2.53. The summed E-state index contributed by atoms with van der Waals surface area (Å²) >= 11 is 0. The summed E-state index contributed by atoms with van der Waals surface area (Å²) in [5, 5.41) is -0.301. The van der Waals surface area contributed by atoms with E-state index in [0.29, 0.717) is 12.8 Å². The van der Waals surface area contributed by atoms with Gasteiger partial charge in [-0.15, -0.1) is 0 Å². The molecule has 1 aliphatic rings. The molecule has 1 aromatic rings. The average Bonchev–Trinajstić information content (AvgIpc) is 3.08. The monoisotopic (exact) mass is 316 g/mol. The Morgan fingerprint density at radius 1 is 1.43 bits per heavy atom. The van der Waals surface area contributed by atoms with Gasteiger partial charge in [-0.05, 0) is 31.9 Å². The van der Waals surface area contributed by atoms with E-state index < -0.39 is 21.5 Å². The van der Waals surface area contributed by atoms with Crippen LogP contribution in [0.15, 0.2) is 21.6 Å². The Hall–Kier alpha value is -1.38. The van der Waals surface area contributed by atoms with Gasteiger partial charge in [0.25, 0.3) is 10.0 Å². The quantitative estimate of drug-likeness (QED) is 0.757. The number of hydrogen-bond acceptors (Lipinski definition) is 6. The number of hydrogen-bond donors (Lipinski definition) is 2. The van der Waals surface area contributed by atoms with Gasteiger partial charge in [-0.1, -0.05) is 12.8 Å². The van der Waals surface area contributed by atoms with Crippen molar-refractivity contribution in [1.29, 1.82) is 0 Å². The molecule has 0 radical (unpaired) electrons. The van der Waals surface area contributed by atoms with Crippen molar-refractivity contribution < 1.29 is 22.4 Å². The first-order chi connectivity index (χ1) is 9.92. The second-order valence-corrected chi connectivity index (χ2v) is 6.75. The Bertz CT molecular complexity index is 602. The molecular weight excluding hydrogens is 296 g/mol. The highest BCUT2D eigenvalue weighted by molar-refractivity contribution is 7.89. The Balaban J connectivity index is 2.18. The molecule has 0 aromatic carbocycles. The molecule has 8 heteroatoms. The molecule has 0 aliphatic heterocycles. The molecule has 118 valence electrons. The second kappa shape index (κ2) is 6.17. The first-order valence-electron chi connectivity index (χ1n) is 6.93. The van der Waals surface area contributed by atoms with Crippen molar-refractivity contribution in [2.45, 2.75) is 43.2 Å². The van der Waals surface area contributed by atoms with Crippen molar-refractivity contribution in [3.05, 3.63) is 17.9 Å². The van der Waals surface area contributed by atoms with Crippen LogP contribution in [0.4, 0.5) is 0 Å². The van der Waals surface area contributed by atoms with Gasteiger partial charge >= 0.3 is 5.97 Å². The van der Waals surface area contributed by atoms with Crippen molar-refractivity contribution in [3.8, 4) is 0 Å². The Morgan fingerprint density at radius 3 is 2.67 bits per heavy atom. The third-order valence-corrected chi connectivity index (χ3v) is 5.08. The van der Waals surface area contributed by atoms with Gasteiger partial charge in [0.2, 0.25) is 10.9 Å². The first kappa shape index (κ1) is 16.0. The second-order valence-electron chi connectivity index (χ2n) is 5.14. The van der Waals surface area contributed by atoms with Gasteiger partial charge in [-0.25, -0.2) is 17.9 Å². The van der Waals surface area contributed by atoms with Gasteiger partial charge in [-0.3, -0.25) is 0 Å². The first-order valence-corrected chi connectivity index (χ1v) is 8.42. The standard InChI is InChI=1S/C13H20N2O5S/c1-2-19-12(16)10-5-6-11(20-10)21(17,18)15-13(9-14)7-3-4-8-13/h5-6,15H,2-4,7-9,14H2,1H3. The van der Waals surface area contributed by atoms with Gasteiger partial charge in [0.15, 0.2) is 0 Å². The Labute approximate surface area is 123 Å². The summed E-state index contributed by atoms with van der Waals surface area (Å²) in [6.45, 7) is 2.08. The SMILES string of the molecule is CCOC(=O)c1ccc(S(=O)(=O)NC2(CN)CCCC2)o1. The van der Waals surface area contributed by atoms with Crippen molar-refractivity contribution in [2.24, 2.45) is 5.73 Å². The van der Waals surface area contributed by atoms with Gasteiger partial charge < -0.3 is 14.9 Å². The number of carbonyl (C=O) groups excluding carboxylic acids is 1. The fraction of sp³-hybridized carbons (Fsp3) is 0.615. The van der Waals surface area contributed by atoms with Crippen LogP contribution in [0.25, 0.3) is 0 Å². The molecule has 1 saturated carbocycles. The number of carbonyl (C=O) groups is 1. The van der Waals surface area contributed by atoms with E-state index in [9.17, 15) is 13.2 Å². The number of sulfonamides is 1. The number of ether oxygens (including phenoxy) is 1. The van der Waals surface area contributed by atoms with Gasteiger partial charge in [0.1, 0.15) is 0 Å². The summed E-state index contributed by atoms with van der Waals surface area (Å²) < 4.78 is 37.1. The molecule has 0 atom stereocenters. The lowest BCUT2D eigenvalue weighted by Crippen LogP contribution is -2.51. The van der Waals surface area contributed by atoms with Gasteiger partial charge in [0, 0.05) is 12.1 Å². The molecule has 2 rings (SSSR count). The molecule has 0 bridgehead atoms. The summed E-state index contributed by atoms with van der Waals surface area (Å²) in [5.41, 5.74) is 5.10. The molecule has 0 saturated heterocycles. The van der Waals surface area contributed by atoms with Crippen molar-refractivity contribution in [2.75, 3.05) is 13.2 Å². The minimum Gasteiger partial charge on any atom is -0.460 e.